The number of carbonyl (C=O) groups is 1. The van der Waals surface area contributed by atoms with Gasteiger partial charge in [0.25, 0.3) is 0 Å². The van der Waals surface area contributed by atoms with E-state index in [0.29, 0.717) is 11.8 Å². The zero-order valence-electron chi connectivity index (χ0n) is 17.2. The van der Waals surface area contributed by atoms with E-state index in [1.807, 2.05) is 0 Å². The second-order valence-electron chi connectivity index (χ2n) is 9.98. The average molecular weight is 373 g/mol. The van der Waals surface area contributed by atoms with Crippen LogP contribution in [0.25, 0.3) is 0 Å². The molecule has 0 saturated heterocycles. The molecule has 2 fully saturated rings. The van der Waals surface area contributed by atoms with Crippen LogP contribution in [0.2, 0.25) is 0 Å². The van der Waals surface area contributed by atoms with Gasteiger partial charge in [-0.1, -0.05) is 27.7 Å². The van der Waals surface area contributed by atoms with Crippen LogP contribution in [0.1, 0.15) is 72.3 Å². The monoisotopic (exact) mass is 372 g/mol. The fraction of sp³-hybridized carbons (Fsp3) is 0.696. The van der Waals surface area contributed by atoms with Gasteiger partial charge in [0.2, 0.25) is 0 Å². The normalized spacial score (nSPS) is 36.6. The van der Waals surface area contributed by atoms with Gasteiger partial charge in [-0.3, -0.25) is 4.79 Å². The van der Waals surface area contributed by atoms with E-state index in [1.54, 1.807) is 12.1 Å². The van der Waals surface area contributed by atoms with Crippen molar-refractivity contribution in [1.82, 2.24) is 0 Å². The molecule has 4 rings (SSSR count). The number of benzene rings is 1. The summed E-state index contributed by atoms with van der Waals surface area (Å²) in [4.78, 5) is 11.4. The molecule has 3 aliphatic rings. The number of ether oxygens (including phenoxy) is 2. The summed E-state index contributed by atoms with van der Waals surface area (Å²) in [6, 6.07) is 3.45. The Kier molecular flexibility index (Phi) is 4.07. The zero-order chi connectivity index (χ0) is 19.6. The Morgan fingerprint density at radius 2 is 1.96 bits per heavy atom. The minimum absolute atomic E-state index is 0.0283. The smallest absolute Gasteiger partial charge is 0.308 e. The van der Waals surface area contributed by atoms with Gasteiger partial charge >= 0.3 is 5.97 Å². The molecule has 148 valence electrons. The van der Waals surface area contributed by atoms with Crippen molar-refractivity contribution >= 4 is 5.97 Å². The van der Waals surface area contributed by atoms with Gasteiger partial charge in [0, 0.05) is 24.3 Å². The van der Waals surface area contributed by atoms with Gasteiger partial charge in [-0.2, -0.15) is 0 Å². The van der Waals surface area contributed by atoms with Crippen LogP contribution in [0.4, 0.5) is 0 Å². The van der Waals surface area contributed by atoms with Gasteiger partial charge in [0.15, 0.2) is 11.5 Å². The first-order valence-electron chi connectivity index (χ1n) is 10.3. The van der Waals surface area contributed by atoms with Crippen molar-refractivity contribution in [1.29, 1.82) is 0 Å². The highest BCUT2D eigenvalue weighted by Gasteiger charge is 2.65. The molecule has 1 aromatic carbocycles. The Balaban J connectivity index is 1.83. The van der Waals surface area contributed by atoms with Crippen molar-refractivity contribution in [2.75, 3.05) is 0 Å². The topological polar surface area (TPSA) is 55.8 Å². The summed E-state index contributed by atoms with van der Waals surface area (Å²) >= 11 is 0. The Labute approximate surface area is 162 Å². The zero-order valence-corrected chi connectivity index (χ0v) is 17.2. The van der Waals surface area contributed by atoms with Gasteiger partial charge < -0.3 is 14.6 Å². The first-order chi connectivity index (χ1) is 12.6. The maximum atomic E-state index is 11.4. The van der Waals surface area contributed by atoms with Crippen LogP contribution in [0.15, 0.2) is 12.1 Å². The molecule has 2 aliphatic carbocycles. The maximum Gasteiger partial charge on any atom is 0.308 e. The first-order valence-corrected chi connectivity index (χ1v) is 10.3. The van der Waals surface area contributed by atoms with E-state index in [-0.39, 0.29) is 27.9 Å². The third-order valence-corrected chi connectivity index (χ3v) is 8.06. The molecule has 1 spiro atoms. The number of hydrogen-bond acceptors (Lipinski definition) is 4. The number of phenols is 1. The Morgan fingerprint density at radius 3 is 2.67 bits per heavy atom. The van der Waals surface area contributed by atoms with Crippen LogP contribution in [0.5, 0.6) is 17.2 Å². The minimum Gasteiger partial charge on any atom is -0.504 e. The fourth-order valence-corrected chi connectivity index (χ4v) is 6.46. The second kappa shape index (κ2) is 5.89. The van der Waals surface area contributed by atoms with Gasteiger partial charge in [0.05, 0.1) is 0 Å². The average Bonchev–Trinajstić information content (AvgIpc) is 2.55. The lowest BCUT2D eigenvalue weighted by Crippen LogP contribution is -2.68. The van der Waals surface area contributed by atoms with E-state index in [9.17, 15) is 9.90 Å². The third-order valence-electron chi connectivity index (χ3n) is 8.06. The van der Waals surface area contributed by atoms with Crippen LogP contribution in [-0.4, -0.2) is 16.7 Å². The molecule has 0 amide bonds. The van der Waals surface area contributed by atoms with E-state index in [1.165, 1.54) is 32.6 Å². The molecular weight excluding hydrogens is 340 g/mol. The van der Waals surface area contributed by atoms with E-state index < -0.39 is 5.97 Å². The maximum absolute atomic E-state index is 11.4. The third kappa shape index (κ3) is 2.59. The van der Waals surface area contributed by atoms with Crippen LogP contribution in [0, 0.1) is 22.7 Å². The summed E-state index contributed by atoms with van der Waals surface area (Å²) in [6.45, 7) is 10.9. The number of phenolic OH excluding ortho intramolecular Hbond substituents is 1. The molecule has 27 heavy (non-hydrogen) atoms. The summed E-state index contributed by atoms with van der Waals surface area (Å²) < 4.78 is 12.1. The number of rotatable bonds is 1. The SMILES string of the molecule is CC(=O)Oc1cc2c(cc1O)O[C@@]13CCCC(C)(C)[C@@H]1CC[C@H](C)[C@@]3(C)C2. The molecule has 4 nitrogen and oxygen atoms in total. The summed E-state index contributed by atoms with van der Waals surface area (Å²) in [5, 5.41) is 10.4. The lowest BCUT2D eigenvalue weighted by atomic mass is 9.44. The number of hydrogen-bond donors (Lipinski definition) is 1. The van der Waals surface area contributed by atoms with Crippen molar-refractivity contribution in [2.45, 2.75) is 78.7 Å². The predicted molar refractivity (Wildman–Crippen MR) is 104 cm³/mol. The van der Waals surface area contributed by atoms with Gasteiger partial charge in [-0.25, -0.2) is 0 Å². The van der Waals surface area contributed by atoms with Gasteiger partial charge in [0.1, 0.15) is 11.4 Å². The summed E-state index contributed by atoms with van der Waals surface area (Å²) in [7, 11) is 0. The van der Waals surface area contributed by atoms with E-state index in [4.69, 9.17) is 9.47 Å². The summed E-state index contributed by atoms with van der Waals surface area (Å²) in [5.74, 6) is 1.61. The molecule has 0 radical (unpaired) electrons. The molecule has 4 atom stereocenters. The number of carbonyl (C=O) groups excluding carboxylic acids is 1. The predicted octanol–water partition coefficient (Wildman–Crippen LogP) is 5.25. The molecule has 2 saturated carbocycles. The van der Waals surface area contributed by atoms with Crippen molar-refractivity contribution in [3.8, 4) is 17.2 Å². The highest BCUT2D eigenvalue weighted by Crippen LogP contribution is 2.66. The van der Waals surface area contributed by atoms with Crippen molar-refractivity contribution in [3.63, 3.8) is 0 Å². The van der Waals surface area contributed by atoms with E-state index >= 15 is 0 Å². The number of fused-ring (bicyclic) bond motifs is 1. The lowest BCUT2D eigenvalue weighted by molar-refractivity contribution is -0.210. The molecular formula is C23H32O4. The van der Waals surface area contributed by atoms with Crippen LogP contribution < -0.4 is 9.47 Å². The Bertz CT molecular complexity index is 783. The lowest BCUT2D eigenvalue weighted by Gasteiger charge is -2.66. The summed E-state index contributed by atoms with van der Waals surface area (Å²) in [6.07, 6.45) is 6.82. The Hall–Kier alpha value is -1.71. The first kappa shape index (κ1) is 18.6. The largest absolute Gasteiger partial charge is 0.504 e. The highest BCUT2D eigenvalue weighted by molar-refractivity contribution is 5.71. The van der Waals surface area contributed by atoms with E-state index in [0.717, 1.165) is 24.2 Å². The number of aromatic hydroxyl groups is 1. The fourth-order valence-electron chi connectivity index (χ4n) is 6.46. The highest BCUT2D eigenvalue weighted by atomic mass is 16.5. The van der Waals surface area contributed by atoms with Crippen LogP contribution in [-0.2, 0) is 11.2 Å². The summed E-state index contributed by atoms with van der Waals surface area (Å²) in [5.41, 5.74) is 1.14. The van der Waals surface area contributed by atoms with Crippen LogP contribution >= 0.6 is 0 Å². The standard InChI is InChI=1S/C23H32O4/c1-14-7-8-20-21(3,4)9-6-10-23(20)22(14,5)13-16-11-19(26-15(2)24)17(25)12-18(16)27-23/h11-12,14,20,25H,6-10,13H2,1-5H3/t14-,20-,22+,23-/m0/s1. The molecule has 1 heterocycles. The molecule has 4 heteroatoms. The second-order valence-corrected chi connectivity index (χ2v) is 9.98. The van der Waals surface area contributed by atoms with Crippen molar-refractivity contribution in [2.24, 2.45) is 22.7 Å². The minimum atomic E-state index is -0.426. The van der Waals surface area contributed by atoms with E-state index in [2.05, 4.69) is 27.7 Å². The molecule has 0 bridgehead atoms. The molecule has 1 N–H and O–H groups in total. The Morgan fingerprint density at radius 1 is 1.22 bits per heavy atom. The number of esters is 1. The van der Waals surface area contributed by atoms with Crippen molar-refractivity contribution < 1.29 is 19.4 Å². The van der Waals surface area contributed by atoms with Gasteiger partial charge in [-0.15, -0.1) is 0 Å². The van der Waals surface area contributed by atoms with Gasteiger partial charge in [-0.05, 0) is 61.5 Å². The molecule has 1 aliphatic heterocycles. The quantitative estimate of drug-likeness (QED) is 0.540. The molecule has 0 aromatic heterocycles. The molecule has 1 aromatic rings. The van der Waals surface area contributed by atoms with Crippen LogP contribution in [0.3, 0.4) is 0 Å². The van der Waals surface area contributed by atoms with Crippen molar-refractivity contribution in [3.05, 3.63) is 17.7 Å². The molecule has 0 unspecified atom stereocenters.